The number of carbonyl (C=O) groups is 2. The van der Waals surface area contributed by atoms with Crippen molar-refractivity contribution in [2.24, 2.45) is 23.7 Å². The van der Waals surface area contributed by atoms with Crippen LogP contribution in [0.25, 0.3) is 0 Å². The molecule has 21 heavy (non-hydrogen) atoms. The Morgan fingerprint density at radius 2 is 1.95 bits per heavy atom. The number of hydrogen-bond acceptors (Lipinski definition) is 2. The standard InChI is InChI=1S/C17H21NO3/c19-16(15-9-14(15)12-6-7-12)18-10-13(17(20)21)8-11-4-2-1-3-5-11/h1-5,12-15H,6-10H2,(H,18,19)(H,20,21)/t13-,14-,15+/m0/s1. The molecular formula is C17H21NO3. The topological polar surface area (TPSA) is 66.4 Å². The van der Waals surface area contributed by atoms with Gasteiger partial charge in [-0.05, 0) is 43.1 Å². The highest BCUT2D eigenvalue weighted by atomic mass is 16.4. The summed E-state index contributed by atoms with van der Waals surface area (Å²) in [5.41, 5.74) is 0.987. The van der Waals surface area contributed by atoms with E-state index < -0.39 is 11.9 Å². The van der Waals surface area contributed by atoms with Crippen molar-refractivity contribution in [1.82, 2.24) is 5.32 Å². The van der Waals surface area contributed by atoms with E-state index in [9.17, 15) is 14.7 Å². The lowest BCUT2D eigenvalue weighted by atomic mass is 9.99. The number of carbonyl (C=O) groups excluding carboxylic acids is 1. The molecule has 3 atom stereocenters. The summed E-state index contributed by atoms with van der Waals surface area (Å²) in [5.74, 6) is 0.112. The first-order valence-electron chi connectivity index (χ1n) is 7.69. The number of hydrogen-bond donors (Lipinski definition) is 2. The van der Waals surface area contributed by atoms with Gasteiger partial charge in [-0.25, -0.2) is 0 Å². The molecule has 4 nitrogen and oxygen atoms in total. The van der Waals surface area contributed by atoms with Gasteiger partial charge in [0.25, 0.3) is 0 Å². The quantitative estimate of drug-likeness (QED) is 0.807. The average Bonchev–Trinajstić information content (AvgIpc) is 3.35. The molecule has 4 heteroatoms. The van der Waals surface area contributed by atoms with Gasteiger partial charge in [-0.2, -0.15) is 0 Å². The van der Waals surface area contributed by atoms with Crippen LogP contribution < -0.4 is 5.32 Å². The minimum atomic E-state index is -0.853. The lowest BCUT2D eigenvalue weighted by molar-refractivity contribution is -0.141. The number of nitrogens with one attached hydrogen (secondary N) is 1. The number of benzene rings is 1. The summed E-state index contributed by atoms with van der Waals surface area (Å²) in [6, 6.07) is 9.55. The molecule has 3 rings (SSSR count). The lowest BCUT2D eigenvalue weighted by Gasteiger charge is -2.13. The molecule has 2 aliphatic rings. The van der Waals surface area contributed by atoms with E-state index in [1.807, 2.05) is 30.3 Å². The molecule has 0 aliphatic heterocycles. The van der Waals surface area contributed by atoms with Crippen molar-refractivity contribution in [3.63, 3.8) is 0 Å². The number of carboxylic acids is 1. The van der Waals surface area contributed by atoms with Crippen molar-refractivity contribution < 1.29 is 14.7 Å². The van der Waals surface area contributed by atoms with Crippen molar-refractivity contribution in [3.05, 3.63) is 35.9 Å². The summed E-state index contributed by atoms with van der Waals surface area (Å²) in [6.45, 7) is 0.219. The number of aliphatic carboxylic acids is 1. The highest BCUT2D eigenvalue weighted by Crippen LogP contribution is 2.54. The molecule has 1 aromatic rings. The second-order valence-corrected chi connectivity index (χ2v) is 6.31. The van der Waals surface area contributed by atoms with Gasteiger partial charge in [-0.3, -0.25) is 9.59 Å². The number of carboxylic acid groups (broad SMARTS) is 1. The first-order valence-corrected chi connectivity index (χ1v) is 7.69. The number of rotatable bonds is 7. The maximum atomic E-state index is 12.0. The highest BCUT2D eigenvalue weighted by molar-refractivity contribution is 5.82. The normalized spacial score (nSPS) is 25.1. The molecule has 0 heterocycles. The Bertz CT molecular complexity index is 524. The van der Waals surface area contributed by atoms with Crippen LogP contribution in [-0.4, -0.2) is 23.5 Å². The van der Waals surface area contributed by atoms with E-state index in [-0.39, 0.29) is 18.4 Å². The Kier molecular flexibility index (Phi) is 3.95. The van der Waals surface area contributed by atoms with E-state index in [0.717, 1.165) is 17.9 Å². The van der Waals surface area contributed by atoms with Crippen LogP contribution in [0.4, 0.5) is 0 Å². The molecule has 0 spiro atoms. The second-order valence-electron chi connectivity index (χ2n) is 6.31. The monoisotopic (exact) mass is 287 g/mol. The maximum Gasteiger partial charge on any atom is 0.308 e. The van der Waals surface area contributed by atoms with Crippen LogP contribution in [0.3, 0.4) is 0 Å². The first-order chi connectivity index (χ1) is 10.1. The molecule has 0 saturated heterocycles. The molecule has 112 valence electrons. The van der Waals surface area contributed by atoms with Gasteiger partial charge in [0, 0.05) is 12.5 Å². The van der Waals surface area contributed by atoms with E-state index in [0.29, 0.717) is 12.3 Å². The summed E-state index contributed by atoms with van der Waals surface area (Å²) < 4.78 is 0. The van der Waals surface area contributed by atoms with Gasteiger partial charge in [0.15, 0.2) is 0 Å². The Hall–Kier alpha value is -1.84. The molecule has 0 unspecified atom stereocenters. The largest absolute Gasteiger partial charge is 0.481 e. The van der Waals surface area contributed by atoms with Crippen molar-refractivity contribution in [3.8, 4) is 0 Å². The molecular weight excluding hydrogens is 266 g/mol. The zero-order valence-electron chi connectivity index (χ0n) is 12.0. The average molecular weight is 287 g/mol. The van der Waals surface area contributed by atoms with Crippen LogP contribution in [0, 0.1) is 23.7 Å². The third kappa shape index (κ3) is 3.63. The van der Waals surface area contributed by atoms with Crippen LogP contribution in [0.2, 0.25) is 0 Å². The van der Waals surface area contributed by atoms with Gasteiger partial charge >= 0.3 is 5.97 Å². The molecule has 2 N–H and O–H groups in total. The smallest absolute Gasteiger partial charge is 0.308 e. The van der Waals surface area contributed by atoms with Crippen molar-refractivity contribution in [1.29, 1.82) is 0 Å². The van der Waals surface area contributed by atoms with E-state index in [1.54, 1.807) is 0 Å². The van der Waals surface area contributed by atoms with Crippen LogP contribution >= 0.6 is 0 Å². The van der Waals surface area contributed by atoms with E-state index in [2.05, 4.69) is 5.32 Å². The fourth-order valence-corrected chi connectivity index (χ4v) is 3.06. The zero-order valence-corrected chi connectivity index (χ0v) is 12.0. The summed E-state index contributed by atoms with van der Waals surface area (Å²) in [4.78, 5) is 23.4. The van der Waals surface area contributed by atoms with E-state index in [1.165, 1.54) is 12.8 Å². The third-order valence-electron chi connectivity index (χ3n) is 4.60. The molecule has 0 bridgehead atoms. The molecule has 2 fully saturated rings. The summed E-state index contributed by atoms with van der Waals surface area (Å²) in [7, 11) is 0. The molecule has 0 aromatic heterocycles. The van der Waals surface area contributed by atoms with Gasteiger partial charge in [0.2, 0.25) is 5.91 Å². The van der Waals surface area contributed by atoms with Gasteiger partial charge in [-0.15, -0.1) is 0 Å². The van der Waals surface area contributed by atoms with Crippen LogP contribution in [0.15, 0.2) is 30.3 Å². The molecule has 2 aliphatic carbocycles. The van der Waals surface area contributed by atoms with Crippen LogP contribution in [0.5, 0.6) is 0 Å². The minimum Gasteiger partial charge on any atom is -0.481 e. The van der Waals surface area contributed by atoms with Gasteiger partial charge in [0.05, 0.1) is 5.92 Å². The van der Waals surface area contributed by atoms with Gasteiger partial charge < -0.3 is 10.4 Å². The Morgan fingerprint density at radius 3 is 2.57 bits per heavy atom. The van der Waals surface area contributed by atoms with Crippen molar-refractivity contribution >= 4 is 11.9 Å². The van der Waals surface area contributed by atoms with Crippen molar-refractivity contribution in [2.75, 3.05) is 6.54 Å². The Labute approximate surface area is 124 Å². The summed E-state index contributed by atoms with van der Waals surface area (Å²) in [5, 5.41) is 12.1. The lowest BCUT2D eigenvalue weighted by Crippen LogP contribution is -2.35. The van der Waals surface area contributed by atoms with Gasteiger partial charge in [0.1, 0.15) is 0 Å². The summed E-state index contributed by atoms with van der Waals surface area (Å²) in [6.07, 6.45) is 3.97. The summed E-state index contributed by atoms with van der Waals surface area (Å²) >= 11 is 0. The van der Waals surface area contributed by atoms with Crippen molar-refractivity contribution in [2.45, 2.75) is 25.7 Å². The second kappa shape index (κ2) is 5.88. The predicted octanol–water partition coefficient (Wildman–Crippen LogP) is 2.09. The molecule has 2 saturated carbocycles. The third-order valence-corrected chi connectivity index (χ3v) is 4.60. The number of amides is 1. The molecule has 1 amide bonds. The fourth-order valence-electron chi connectivity index (χ4n) is 3.06. The van der Waals surface area contributed by atoms with Crippen LogP contribution in [0.1, 0.15) is 24.8 Å². The Balaban J connectivity index is 1.49. The van der Waals surface area contributed by atoms with E-state index >= 15 is 0 Å². The SMILES string of the molecule is O=C(O)[C@H](CNC(=O)[C@@H]1C[C@H]1C1CC1)Cc1ccccc1. The van der Waals surface area contributed by atoms with Gasteiger partial charge in [-0.1, -0.05) is 30.3 Å². The predicted molar refractivity (Wildman–Crippen MR) is 78.6 cm³/mol. The minimum absolute atomic E-state index is 0.0474. The first kappa shape index (κ1) is 14.1. The fraction of sp³-hybridized carbons (Fsp3) is 0.529. The molecule has 0 radical (unpaired) electrons. The molecule has 1 aromatic carbocycles. The van der Waals surface area contributed by atoms with Crippen LogP contribution in [-0.2, 0) is 16.0 Å². The maximum absolute atomic E-state index is 12.0. The van der Waals surface area contributed by atoms with E-state index in [4.69, 9.17) is 0 Å². The Morgan fingerprint density at radius 1 is 1.24 bits per heavy atom. The highest BCUT2D eigenvalue weighted by Gasteiger charge is 2.51. The zero-order chi connectivity index (χ0) is 14.8.